The number of aromatic nitrogens is 1. The van der Waals surface area contributed by atoms with Crippen LogP contribution in [0.5, 0.6) is 0 Å². The van der Waals surface area contributed by atoms with Gasteiger partial charge in [0.2, 0.25) is 14.2 Å². The highest BCUT2D eigenvalue weighted by molar-refractivity contribution is 7.93. The van der Waals surface area contributed by atoms with Crippen molar-refractivity contribution >= 4 is 43.1 Å². The molecule has 0 atom stereocenters. The lowest BCUT2D eigenvalue weighted by Crippen LogP contribution is -2.28. The summed E-state index contributed by atoms with van der Waals surface area (Å²) >= 11 is 1.13. The van der Waals surface area contributed by atoms with Gasteiger partial charge in [0.25, 0.3) is 0 Å². The van der Waals surface area contributed by atoms with Crippen molar-refractivity contribution < 1.29 is 13.2 Å². The third kappa shape index (κ3) is 3.95. The minimum atomic E-state index is -3.36. The Morgan fingerprint density at radius 1 is 1.36 bits per heavy atom. The van der Waals surface area contributed by atoms with Gasteiger partial charge in [0.1, 0.15) is 0 Å². The fraction of sp³-hybridized carbons (Fsp3) is 0.429. The van der Waals surface area contributed by atoms with Crippen molar-refractivity contribution in [1.29, 1.82) is 0 Å². The zero-order valence-corrected chi connectivity index (χ0v) is 14.3. The Bertz CT molecular complexity index is 782. The average Bonchev–Trinajstić information content (AvgIpc) is 2.81. The van der Waals surface area contributed by atoms with Gasteiger partial charge in [-0.05, 0) is 31.0 Å². The Balaban J connectivity index is 2.30. The summed E-state index contributed by atoms with van der Waals surface area (Å²) < 4.78 is 25.3. The molecule has 0 aliphatic heterocycles. The predicted octanol–water partition coefficient (Wildman–Crippen LogP) is 2.87. The molecule has 0 aliphatic rings. The quantitative estimate of drug-likeness (QED) is 0.875. The largest absolute Gasteiger partial charge is 0.338 e. The van der Waals surface area contributed by atoms with Crippen molar-refractivity contribution in [3.05, 3.63) is 18.2 Å². The SMILES string of the molecule is CCNC(=O)Nc1ccc2nc(S(=O)(=O)CC(C)C)sc2c1. The number of hydrogen-bond donors (Lipinski definition) is 2. The summed E-state index contributed by atoms with van der Waals surface area (Å²) in [5.74, 6) is 0.128. The molecule has 0 saturated heterocycles. The number of thiazole rings is 1. The van der Waals surface area contributed by atoms with Gasteiger partial charge in [-0.1, -0.05) is 13.8 Å². The Hall–Kier alpha value is -1.67. The summed E-state index contributed by atoms with van der Waals surface area (Å²) in [6, 6.07) is 4.85. The van der Waals surface area contributed by atoms with Gasteiger partial charge in [0, 0.05) is 12.2 Å². The van der Waals surface area contributed by atoms with E-state index in [1.165, 1.54) is 0 Å². The number of anilines is 1. The van der Waals surface area contributed by atoms with Crippen molar-refractivity contribution in [2.24, 2.45) is 5.92 Å². The molecule has 1 aromatic carbocycles. The van der Waals surface area contributed by atoms with Crippen LogP contribution in [-0.2, 0) is 9.84 Å². The number of rotatable bonds is 5. The number of sulfone groups is 1. The molecule has 6 nitrogen and oxygen atoms in total. The van der Waals surface area contributed by atoms with E-state index in [-0.39, 0.29) is 22.0 Å². The van der Waals surface area contributed by atoms with E-state index >= 15 is 0 Å². The van der Waals surface area contributed by atoms with E-state index in [9.17, 15) is 13.2 Å². The second-order valence-corrected chi connectivity index (χ2v) is 8.56. The minimum absolute atomic E-state index is 0.0481. The van der Waals surface area contributed by atoms with Crippen LogP contribution in [-0.4, -0.2) is 31.7 Å². The zero-order chi connectivity index (χ0) is 16.3. The molecule has 0 spiro atoms. The van der Waals surface area contributed by atoms with Crippen molar-refractivity contribution in [3.8, 4) is 0 Å². The van der Waals surface area contributed by atoms with E-state index in [1.54, 1.807) is 18.2 Å². The molecule has 0 saturated carbocycles. The fourth-order valence-electron chi connectivity index (χ4n) is 1.96. The monoisotopic (exact) mass is 341 g/mol. The molecule has 0 fully saturated rings. The van der Waals surface area contributed by atoms with Crippen LogP contribution in [0.15, 0.2) is 22.5 Å². The van der Waals surface area contributed by atoms with Crippen LogP contribution in [0.25, 0.3) is 10.2 Å². The lowest BCUT2D eigenvalue weighted by molar-refractivity contribution is 0.252. The van der Waals surface area contributed by atoms with Crippen LogP contribution in [0.1, 0.15) is 20.8 Å². The first-order valence-electron chi connectivity index (χ1n) is 7.00. The van der Waals surface area contributed by atoms with Crippen LogP contribution in [0.2, 0.25) is 0 Å². The summed E-state index contributed by atoms with van der Waals surface area (Å²) in [6.07, 6.45) is 0. The van der Waals surface area contributed by atoms with Gasteiger partial charge >= 0.3 is 6.03 Å². The molecule has 1 heterocycles. The van der Waals surface area contributed by atoms with E-state index in [4.69, 9.17) is 0 Å². The number of carbonyl (C=O) groups excluding carboxylic acids is 1. The lowest BCUT2D eigenvalue weighted by Gasteiger charge is -2.04. The van der Waals surface area contributed by atoms with E-state index < -0.39 is 9.84 Å². The van der Waals surface area contributed by atoms with Crippen molar-refractivity contribution in [1.82, 2.24) is 10.3 Å². The fourth-order valence-corrected chi connectivity index (χ4v) is 4.94. The topological polar surface area (TPSA) is 88.2 Å². The number of amides is 2. The first-order valence-corrected chi connectivity index (χ1v) is 9.47. The van der Waals surface area contributed by atoms with Crippen LogP contribution < -0.4 is 10.6 Å². The molecule has 8 heteroatoms. The first kappa shape index (κ1) is 16.7. The molecular weight excluding hydrogens is 322 g/mol. The average molecular weight is 341 g/mol. The maximum atomic E-state index is 12.2. The summed E-state index contributed by atoms with van der Waals surface area (Å²) in [6.45, 7) is 6.09. The maximum absolute atomic E-state index is 12.2. The number of nitrogens with one attached hydrogen (secondary N) is 2. The van der Waals surface area contributed by atoms with Crippen LogP contribution in [0, 0.1) is 5.92 Å². The third-order valence-corrected chi connectivity index (χ3v) is 6.34. The number of urea groups is 1. The van der Waals surface area contributed by atoms with Gasteiger partial charge in [0.15, 0.2) is 0 Å². The van der Waals surface area contributed by atoms with E-state index in [0.717, 1.165) is 16.0 Å². The third-order valence-electron chi connectivity index (χ3n) is 2.78. The normalized spacial score (nSPS) is 11.8. The highest BCUT2D eigenvalue weighted by Gasteiger charge is 2.21. The number of fused-ring (bicyclic) bond motifs is 1. The Labute approximate surface area is 133 Å². The molecule has 2 aromatic rings. The van der Waals surface area contributed by atoms with Crippen molar-refractivity contribution in [2.45, 2.75) is 25.1 Å². The molecule has 0 unspecified atom stereocenters. The Morgan fingerprint density at radius 2 is 2.09 bits per heavy atom. The van der Waals surface area contributed by atoms with Crippen LogP contribution in [0.3, 0.4) is 0 Å². The Morgan fingerprint density at radius 3 is 2.73 bits per heavy atom. The number of benzene rings is 1. The van der Waals surface area contributed by atoms with Gasteiger partial charge in [-0.25, -0.2) is 18.2 Å². The molecule has 2 N–H and O–H groups in total. The number of carbonyl (C=O) groups is 1. The van der Waals surface area contributed by atoms with Crippen molar-refractivity contribution in [2.75, 3.05) is 17.6 Å². The van der Waals surface area contributed by atoms with Crippen LogP contribution >= 0.6 is 11.3 Å². The summed E-state index contributed by atoms with van der Waals surface area (Å²) in [5.41, 5.74) is 1.23. The van der Waals surface area contributed by atoms with Gasteiger partial charge < -0.3 is 10.6 Å². The van der Waals surface area contributed by atoms with Gasteiger partial charge in [-0.15, -0.1) is 11.3 Å². The number of hydrogen-bond acceptors (Lipinski definition) is 5. The zero-order valence-electron chi connectivity index (χ0n) is 12.7. The molecule has 0 aliphatic carbocycles. The Kier molecular flexibility index (Phi) is 5.02. The molecule has 2 rings (SSSR count). The molecule has 2 amide bonds. The molecule has 120 valence electrons. The predicted molar refractivity (Wildman–Crippen MR) is 89.2 cm³/mol. The standard InChI is InChI=1S/C14H19N3O3S2/c1-4-15-13(18)16-10-5-6-11-12(7-10)21-14(17-11)22(19,20)8-9(2)3/h5-7,9H,4,8H2,1-3H3,(H2,15,16,18). The van der Waals surface area contributed by atoms with Gasteiger partial charge in [0.05, 0.1) is 16.0 Å². The summed E-state index contributed by atoms with van der Waals surface area (Å²) in [4.78, 5) is 15.7. The first-order chi connectivity index (χ1) is 10.3. The smallest absolute Gasteiger partial charge is 0.319 e. The van der Waals surface area contributed by atoms with E-state index in [2.05, 4.69) is 15.6 Å². The molecule has 1 aromatic heterocycles. The summed E-state index contributed by atoms with van der Waals surface area (Å²) in [7, 11) is -3.36. The molecule has 22 heavy (non-hydrogen) atoms. The molecular formula is C14H19N3O3S2. The van der Waals surface area contributed by atoms with E-state index in [1.807, 2.05) is 20.8 Å². The second-order valence-electron chi connectivity index (χ2n) is 5.32. The lowest BCUT2D eigenvalue weighted by atomic mass is 10.3. The molecule has 0 bridgehead atoms. The summed E-state index contributed by atoms with van der Waals surface area (Å²) in [5, 5.41) is 5.33. The highest BCUT2D eigenvalue weighted by Crippen LogP contribution is 2.29. The second kappa shape index (κ2) is 6.62. The number of nitrogens with zero attached hydrogens (tertiary/aromatic N) is 1. The van der Waals surface area contributed by atoms with E-state index in [0.29, 0.717) is 17.7 Å². The van der Waals surface area contributed by atoms with Gasteiger partial charge in [-0.3, -0.25) is 0 Å². The highest BCUT2D eigenvalue weighted by atomic mass is 32.2. The molecule has 0 radical (unpaired) electrons. The van der Waals surface area contributed by atoms with Crippen molar-refractivity contribution in [3.63, 3.8) is 0 Å². The van der Waals surface area contributed by atoms with Crippen LogP contribution in [0.4, 0.5) is 10.5 Å². The maximum Gasteiger partial charge on any atom is 0.319 e. The van der Waals surface area contributed by atoms with Gasteiger partial charge in [-0.2, -0.15) is 0 Å². The minimum Gasteiger partial charge on any atom is -0.338 e.